The Kier molecular flexibility index (Phi) is 6.75. The van der Waals surface area contributed by atoms with Gasteiger partial charge >= 0.3 is 0 Å². The zero-order chi connectivity index (χ0) is 8.53. The van der Waals surface area contributed by atoms with Crippen molar-refractivity contribution < 1.29 is 0 Å². The summed E-state index contributed by atoms with van der Waals surface area (Å²) in [5.41, 5.74) is 6.54. The molecule has 0 atom stereocenters. The van der Waals surface area contributed by atoms with Crippen molar-refractivity contribution in [3.05, 3.63) is 35.9 Å². The van der Waals surface area contributed by atoms with Gasteiger partial charge in [-0.1, -0.05) is 50.6 Å². The van der Waals surface area contributed by atoms with Gasteiger partial charge in [-0.25, -0.2) is 0 Å². The van der Waals surface area contributed by atoms with E-state index in [0.29, 0.717) is 6.54 Å². The van der Waals surface area contributed by atoms with Crippen molar-refractivity contribution >= 4 is 0 Å². The zero-order valence-corrected chi connectivity index (χ0v) is 7.38. The molecule has 0 aliphatic heterocycles. The van der Waals surface area contributed by atoms with Crippen molar-refractivity contribution in [2.75, 3.05) is 0 Å². The first-order chi connectivity index (χ1) is 5.35. The Bertz CT molecular complexity index is 158. The number of nitrogens with two attached hydrogens (primary N) is 1. The summed E-state index contributed by atoms with van der Waals surface area (Å²) >= 11 is 0. The molecule has 1 aromatic carbocycles. The fraction of sp³-hybridized carbons (Fsp3) is 0.400. The molecule has 0 aliphatic carbocycles. The van der Waals surface area contributed by atoms with Crippen LogP contribution in [-0.4, -0.2) is 0 Å². The van der Waals surface area contributed by atoms with Crippen LogP contribution in [0.1, 0.15) is 25.8 Å². The van der Waals surface area contributed by atoms with Gasteiger partial charge in [-0.3, -0.25) is 0 Å². The third kappa shape index (κ3) is 5.62. The van der Waals surface area contributed by atoms with Gasteiger partial charge in [-0.05, 0) is 5.56 Å². The highest BCUT2D eigenvalue weighted by Crippen LogP contribution is 1.94. The topological polar surface area (TPSA) is 26.0 Å². The maximum absolute atomic E-state index is 5.35. The van der Waals surface area contributed by atoms with E-state index in [1.807, 2.05) is 30.3 Å². The molecule has 1 nitrogen and oxygen atoms in total. The summed E-state index contributed by atoms with van der Waals surface area (Å²) in [7, 11) is 0. The van der Waals surface area contributed by atoms with Crippen LogP contribution < -0.4 is 5.73 Å². The third-order valence-corrected chi connectivity index (χ3v) is 1.08. The lowest BCUT2D eigenvalue weighted by Crippen LogP contribution is -1.94. The molecule has 62 valence electrons. The molecular weight excluding hydrogens is 134 g/mol. The lowest BCUT2D eigenvalue weighted by atomic mass is 10.2. The first-order valence-electron chi connectivity index (χ1n) is 4.09. The SMILES string of the molecule is CCC.NCc1ccccc1. The summed E-state index contributed by atoms with van der Waals surface area (Å²) in [4.78, 5) is 0. The van der Waals surface area contributed by atoms with Gasteiger partial charge in [0.15, 0.2) is 0 Å². The van der Waals surface area contributed by atoms with Gasteiger partial charge in [0.2, 0.25) is 0 Å². The summed E-state index contributed by atoms with van der Waals surface area (Å²) in [6, 6.07) is 9.99. The molecular formula is C10H17N. The number of hydrogen-bond acceptors (Lipinski definition) is 1. The Morgan fingerprint density at radius 2 is 1.55 bits per heavy atom. The van der Waals surface area contributed by atoms with Gasteiger partial charge in [-0.2, -0.15) is 0 Å². The highest BCUT2D eigenvalue weighted by Gasteiger charge is 1.80. The van der Waals surface area contributed by atoms with Gasteiger partial charge < -0.3 is 5.73 Å². The van der Waals surface area contributed by atoms with Crippen LogP contribution in [0.4, 0.5) is 0 Å². The molecule has 0 heterocycles. The van der Waals surface area contributed by atoms with Crippen LogP contribution >= 0.6 is 0 Å². The first kappa shape index (κ1) is 10.2. The third-order valence-electron chi connectivity index (χ3n) is 1.08. The highest BCUT2D eigenvalue weighted by atomic mass is 14.5. The minimum atomic E-state index is 0.640. The first-order valence-corrected chi connectivity index (χ1v) is 4.09. The summed E-state index contributed by atoms with van der Waals surface area (Å²) in [6.07, 6.45) is 1.25. The predicted molar refractivity (Wildman–Crippen MR) is 50.3 cm³/mol. The Morgan fingerprint density at radius 1 is 1.09 bits per heavy atom. The van der Waals surface area contributed by atoms with E-state index in [4.69, 9.17) is 5.73 Å². The van der Waals surface area contributed by atoms with Crippen LogP contribution in [0.25, 0.3) is 0 Å². The van der Waals surface area contributed by atoms with Crippen molar-refractivity contribution in [1.29, 1.82) is 0 Å². The van der Waals surface area contributed by atoms with Crippen LogP contribution in [0.15, 0.2) is 30.3 Å². The van der Waals surface area contributed by atoms with Crippen LogP contribution in [0.2, 0.25) is 0 Å². The minimum absolute atomic E-state index is 0.640. The molecule has 11 heavy (non-hydrogen) atoms. The average molecular weight is 151 g/mol. The molecule has 0 amide bonds. The lowest BCUT2D eigenvalue weighted by molar-refractivity contribution is 1.07. The number of hydrogen-bond donors (Lipinski definition) is 1. The molecule has 0 fully saturated rings. The van der Waals surface area contributed by atoms with Gasteiger partial charge in [0, 0.05) is 6.54 Å². The molecule has 0 aromatic heterocycles. The van der Waals surface area contributed by atoms with Crippen LogP contribution in [-0.2, 0) is 6.54 Å². The summed E-state index contributed by atoms with van der Waals surface area (Å²) in [6.45, 7) is 4.89. The molecule has 1 rings (SSSR count). The molecule has 0 saturated heterocycles. The predicted octanol–water partition coefficient (Wildman–Crippen LogP) is 2.56. The van der Waals surface area contributed by atoms with Crippen LogP contribution in [0.3, 0.4) is 0 Å². The monoisotopic (exact) mass is 151 g/mol. The molecule has 0 radical (unpaired) electrons. The van der Waals surface area contributed by atoms with Crippen molar-refractivity contribution in [2.24, 2.45) is 5.73 Å². The maximum Gasteiger partial charge on any atom is 0.0178 e. The van der Waals surface area contributed by atoms with E-state index in [2.05, 4.69) is 13.8 Å². The molecule has 1 heteroatoms. The summed E-state index contributed by atoms with van der Waals surface area (Å²) in [5.74, 6) is 0. The standard InChI is InChI=1S/C7H9N.C3H8/c8-6-7-4-2-1-3-5-7;1-3-2/h1-5H,6,8H2;3H2,1-2H3. The highest BCUT2D eigenvalue weighted by molar-refractivity contribution is 5.13. The molecule has 1 aromatic rings. The largest absolute Gasteiger partial charge is 0.326 e. The summed E-state index contributed by atoms with van der Waals surface area (Å²) < 4.78 is 0. The molecule has 0 saturated carbocycles. The molecule has 0 aliphatic rings. The van der Waals surface area contributed by atoms with E-state index in [-0.39, 0.29) is 0 Å². The van der Waals surface area contributed by atoms with E-state index >= 15 is 0 Å². The quantitative estimate of drug-likeness (QED) is 0.656. The second kappa shape index (κ2) is 7.29. The summed E-state index contributed by atoms with van der Waals surface area (Å²) in [5, 5.41) is 0. The maximum atomic E-state index is 5.35. The Labute approximate surface area is 69.2 Å². The Balaban J connectivity index is 0.000000292. The smallest absolute Gasteiger partial charge is 0.0178 e. The minimum Gasteiger partial charge on any atom is -0.326 e. The normalized spacial score (nSPS) is 8.27. The van der Waals surface area contributed by atoms with E-state index in [9.17, 15) is 0 Å². The van der Waals surface area contributed by atoms with Gasteiger partial charge in [-0.15, -0.1) is 0 Å². The molecule has 0 unspecified atom stereocenters. The van der Waals surface area contributed by atoms with E-state index < -0.39 is 0 Å². The Hall–Kier alpha value is -0.820. The second-order valence-electron chi connectivity index (χ2n) is 2.40. The van der Waals surface area contributed by atoms with Gasteiger partial charge in [0.25, 0.3) is 0 Å². The van der Waals surface area contributed by atoms with Crippen molar-refractivity contribution in [3.8, 4) is 0 Å². The number of rotatable bonds is 1. The van der Waals surface area contributed by atoms with Gasteiger partial charge in [0.1, 0.15) is 0 Å². The number of benzene rings is 1. The molecule has 0 spiro atoms. The molecule has 0 bridgehead atoms. The molecule has 2 N–H and O–H groups in total. The lowest BCUT2D eigenvalue weighted by Gasteiger charge is -1.90. The average Bonchev–Trinajstić information content (AvgIpc) is 2.08. The Morgan fingerprint density at radius 3 is 1.82 bits per heavy atom. The van der Waals surface area contributed by atoms with Crippen molar-refractivity contribution in [1.82, 2.24) is 0 Å². The zero-order valence-electron chi connectivity index (χ0n) is 7.38. The van der Waals surface area contributed by atoms with Crippen molar-refractivity contribution in [2.45, 2.75) is 26.8 Å². The second-order valence-corrected chi connectivity index (χ2v) is 2.40. The van der Waals surface area contributed by atoms with Crippen molar-refractivity contribution in [3.63, 3.8) is 0 Å². The van der Waals surface area contributed by atoms with E-state index in [1.165, 1.54) is 12.0 Å². The van der Waals surface area contributed by atoms with E-state index in [1.54, 1.807) is 0 Å². The van der Waals surface area contributed by atoms with Crippen LogP contribution in [0, 0.1) is 0 Å². The van der Waals surface area contributed by atoms with Crippen LogP contribution in [0.5, 0.6) is 0 Å². The fourth-order valence-electron chi connectivity index (χ4n) is 0.614. The van der Waals surface area contributed by atoms with Gasteiger partial charge in [0.05, 0.1) is 0 Å². The fourth-order valence-corrected chi connectivity index (χ4v) is 0.614. The van der Waals surface area contributed by atoms with E-state index in [0.717, 1.165) is 0 Å².